The lowest BCUT2D eigenvalue weighted by Gasteiger charge is -2.41. The molecule has 3 N–H and O–H groups in total. The van der Waals surface area contributed by atoms with E-state index in [2.05, 4.69) is 10.4 Å². The quantitative estimate of drug-likeness (QED) is 0.688. The summed E-state index contributed by atoms with van der Waals surface area (Å²) < 4.78 is 0. The zero-order chi connectivity index (χ0) is 12.7. The fraction of sp³-hybridized carbons (Fsp3) is 0.455. The summed E-state index contributed by atoms with van der Waals surface area (Å²) in [5.74, 6) is 0. The van der Waals surface area contributed by atoms with Crippen LogP contribution < -0.4 is 5.43 Å². The summed E-state index contributed by atoms with van der Waals surface area (Å²) in [5.41, 5.74) is 5.70. The molecule has 18 heavy (non-hydrogen) atoms. The van der Waals surface area contributed by atoms with E-state index in [1.54, 1.807) is 6.07 Å². The van der Waals surface area contributed by atoms with Gasteiger partial charge in [0.05, 0.1) is 36.3 Å². The van der Waals surface area contributed by atoms with Crippen molar-refractivity contribution in [2.75, 3.05) is 18.5 Å². The Labute approximate surface area is 104 Å². The molecule has 96 valence electrons. The molecule has 0 aromatic carbocycles. The topological polar surface area (TPSA) is 88.9 Å². The summed E-state index contributed by atoms with van der Waals surface area (Å²) in [6.45, 7) is 1.61. The maximum Gasteiger partial charge on any atom is 0.407 e. The van der Waals surface area contributed by atoms with Crippen molar-refractivity contribution in [1.82, 2.24) is 14.9 Å². The van der Waals surface area contributed by atoms with Crippen LogP contribution in [0.4, 0.5) is 10.5 Å². The van der Waals surface area contributed by atoms with Gasteiger partial charge in [-0.3, -0.25) is 4.98 Å². The Kier molecular flexibility index (Phi) is 2.57. The fourth-order valence-corrected chi connectivity index (χ4v) is 2.24. The smallest absolute Gasteiger partial charge is 0.407 e. The molecule has 0 radical (unpaired) electrons. The first-order chi connectivity index (χ1) is 8.67. The van der Waals surface area contributed by atoms with Gasteiger partial charge in [0, 0.05) is 13.1 Å². The van der Waals surface area contributed by atoms with Crippen molar-refractivity contribution < 1.29 is 15.0 Å². The molecule has 2 aliphatic rings. The van der Waals surface area contributed by atoms with Crippen molar-refractivity contribution in [1.29, 1.82) is 0 Å². The molecule has 0 saturated carbocycles. The number of hydrogen-bond acceptors (Lipinski definition) is 5. The molecule has 7 heteroatoms. The summed E-state index contributed by atoms with van der Waals surface area (Å²) in [6.07, 6.45) is -0.872. The number of aliphatic hydroxyl groups excluding tert-OH is 1. The molecule has 1 amide bonds. The highest BCUT2D eigenvalue weighted by molar-refractivity contribution is 5.66. The Morgan fingerprint density at radius 2 is 2.28 bits per heavy atom. The van der Waals surface area contributed by atoms with Crippen LogP contribution >= 0.6 is 0 Å². The van der Waals surface area contributed by atoms with E-state index in [1.807, 2.05) is 11.1 Å². The van der Waals surface area contributed by atoms with Crippen LogP contribution in [0, 0.1) is 0 Å². The van der Waals surface area contributed by atoms with E-state index in [4.69, 9.17) is 10.2 Å². The highest BCUT2D eigenvalue weighted by atomic mass is 16.4. The number of nitrogens with one attached hydrogen (secondary N) is 1. The average molecular weight is 250 g/mol. The third kappa shape index (κ3) is 1.77. The molecular weight excluding hydrogens is 236 g/mol. The van der Waals surface area contributed by atoms with Crippen molar-refractivity contribution in [3.63, 3.8) is 0 Å². The predicted molar refractivity (Wildman–Crippen MR) is 62.7 cm³/mol. The molecule has 1 aromatic rings. The van der Waals surface area contributed by atoms with Gasteiger partial charge in [-0.25, -0.2) is 9.80 Å². The number of carboxylic acid groups (broad SMARTS) is 1. The Morgan fingerprint density at radius 1 is 1.50 bits per heavy atom. The number of pyridine rings is 1. The first-order valence-corrected chi connectivity index (χ1v) is 5.78. The third-order valence-electron chi connectivity index (χ3n) is 3.35. The fourth-order valence-electron chi connectivity index (χ4n) is 2.24. The Bertz CT molecular complexity index is 487. The van der Waals surface area contributed by atoms with Gasteiger partial charge < -0.3 is 20.5 Å². The lowest BCUT2D eigenvalue weighted by atomic mass is 10.1. The van der Waals surface area contributed by atoms with Crippen LogP contribution in [0.2, 0.25) is 0 Å². The summed E-state index contributed by atoms with van der Waals surface area (Å²) in [4.78, 5) is 16.4. The number of anilines is 1. The summed E-state index contributed by atoms with van der Waals surface area (Å²) in [6, 6.07) is 3.86. The molecule has 3 rings (SSSR count). The van der Waals surface area contributed by atoms with Crippen molar-refractivity contribution in [2.45, 2.75) is 19.2 Å². The van der Waals surface area contributed by atoms with E-state index in [-0.39, 0.29) is 12.6 Å². The molecular formula is C11H14N4O3. The monoisotopic (exact) mass is 250 g/mol. The van der Waals surface area contributed by atoms with E-state index in [0.29, 0.717) is 25.3 Å². The van der Waals surface area contributed by atoms with Gasteiger partial charge in [-0.2, -0.15) is 0 Å². The largest absolute Gasteiger partial charge is 0.465 e. The number of hydrazine groups is 1. The van der Waals surface area contributed by atoms with Crippen molar-refractivity contribution in [3.8, 4) is 0 Å². The number of rotatable bonds is 2. The number of likely N-dealkylation sites (tertiary alicyclic amines) is 1. The molecule has 1 saturated heterocycles. The lowest BCUT2D eigenvalue weighted by Crippen LogP contribution is -2.60. The summed E-state index contributed by atoms with van der Waals surface area (Å²) in [7, 11) is 0. The number of fused-ring (bicyclic) bond motifs is 1. The molecule has 1 fully saturated rings. The van der Waals surface area contributed by atoms with Crippen molar-refractivity contribution in [2.24, 2.45) is 0 Å². The van der Waals surface area contributed by atoms with Crippen LogP contribution in [0.1, 0.15) is 11.4 Å². The van der Waals surface area contributed by atoms with Crippen LogP contribution in [0.15, 0.2) is 12.1 Å². The number of aromatic nitrogens is 1. The average Bonchev–Trinajstić information content (AvgIpc) is 2.68. The molecule has 0 spiro atoms. The molecule has 0 aliphatic carbocycles. The number of nitrogens with zero attached hydrogens (tertiary/aromatic N) is 3. The Morgan fingerprint density at radius 3 is 2.94 bits per heavy atom. The molecule has 7 nitrogen and oxygen atoms in total. The first-order valence-electron chi connectivity index (χ1n) is 5.78. The summed E-state index contributed by atoms with van der Waals surface area (Å²) >= 11 is 0. The van der Waals surface area contributed by atoms with E-state index >= 15 is 0 Å². The zero-order valence-electron chi connectivity index (χ0n) is 9.70. The van der Waals surface area contributed by atoms with Gasteiger partial charge in [-0.15, -0.1) is 0 Å². The second-order valence-corrected chi connectivity index (χ2v) is 4.54. The Balaban J connectivity index is 1.65. The first kappa shape index (κ1) is 11.2. The maximum atomic E-state index is 10.7. The molecule has 2 aliphatic heterocycles. The maximum absolute atomic E-state index is 10.7. The van der Waals surface area contributed by atoms with Crippen LogP contribution in [0.5, 0.6) is 0 Å². The van der Waals surface area contributed by atoms with E-state index in [1.165, 1.54) is 4.90 Å². The lowest BCUT2D eigenvalue weighted by molar-refractivity contribution is 0.0485. The second-order valence-electron chi connectivity index (χ2n) is 4.54. The molecule has 1 aromatic heterocycles. The minimum absolute atomic E-state index is 0.0660. The van der Waals surface area contributed by atoms with Crippen LogP contribution in [0.25, 0.3) is 0 Å². The number of hydrogen-bond donors (Lipinski definition) is 3. The summed E-state index contributed by atoms with van der Waals surface area (Å²) in [5, 5.41) is 19.8. The second kappa shape index (κ2) is 4.11. The third-order valence-corrected chi connectivity index (χ3v) is 3.35. The standard InChI is InChI=1S/C11H14N4O3/c16-6-7-1-2-9-10(12-7)5-15(13-9)8-3-14(4-8)11(17)18/h1-2,8,13,16H,3-6H2,(H,17,18). The van der Waals surface area contributed by atoms with E-state index in [9.17, 15) is 4.79 Å². The van der Waals surface area contributed by atoms with Gasteiger partial charge in [0.15, 0.2) is 0 Å². The zero-order valence-corrected chi connectivity index (χ0v) is 9.70. The van der Waals surface area contributed by atoms with Gasteiger partial charge in [0.25, 0.3) is 0 Å². The predicted octanol–water partition coefficient (Wildman–Crippen LogP) is 0.0786. The van der Waals surface area contributed by atoms with Crippen molar-refractivity contribution >= 4 is 11.8 Å². The van der Waals surface area contributed by atoms with Gasteiger partial charge in [0.2, 0.25) is 0 Å². The van der Waals surface area contributed by atoms with Gasteiger partial charge >= 0.3 is 6.09 Å². The van der Waals surface area contributed by atoms with Gasteiger partial charge in [-0.1, -0.05) is 0 Å². The van der Waals surface area contributed by atoms with Crippen molar-refractivity contribution in [3.05, 3.63) is 23.5 Å². The number of carbonyl (C=O) groups is 1. The minimum atomic E-state index is -0.872. The highest BCUT2D eigenvalue weighted by Gasteiger charge is 2.37. The number of aliphatic hydroxyl groups is 1. The molecule has 0 bridgehead atoms. The number of amides is 1. The minimum Gasteiger partial charge on any atom is -0.465 e. The van der Waals surface area contributed by atoms with Gasteiger partial charge in [0.1, 0.15) is 0 Å². The van der Waals surface area contributed by atoms with Crippen LogP contribution in [0.3, 0.4) is 0 Å². The normalized spacial score (nSPS) is 19.3. The molecule has 0 unspecified atom stereocenters. The molecule has 0 atom stereocenters. The highest BCUT2D eigenvalue weighted by Crippen LogP contribution is 2.27. The van der Waals surface area contributed by atoms with Crippen LogP contribution in [-0.2, 0) is 13.2 Å². The van der Waals surface area contributed by atoms with Gasteiger partial charge in [-0.05, 0) is 12.1 Å². The SMILES string of the molecule is O=C(O)N1CC(N2Cc3nc(CO)ccc3N2)C1. The van der Waals surface area contributed by atoms with Crippen LogP contribution in [-0.4, -0.2) is 50.3 Å². The van der Waals surface area contributed by atoms with E-state index < -0.39 is 6.09 Å². The molecule has 3 heterocycles. The Hall–Kier alpha value is -1.86. The van der Waals surface area contributed by atoms with E-state index in [0.717, 1.165) is 11.4 Å².